The van der Waals surface area contributed by atoms with Crippen molar-refractivity contribution < 1.29 is 27.9 Å². The lowest BCUT2D eigenvalue weighted by atomic mass is 9.92. The Morgan fingerprint density at radius 3 is 2.71 bits per heavy atom. The highest BCUT2D eigenvalue weighted by molar-refractivity contribution is 6.23. The number of nitrogens with one attached hydrogen (secondary N) is 3. The van der Waals surface area contributed by atoms with E-state index in [1.165, 1.54) is 0 Å². The van der Waals surface area contributed by atoms with Crippen LogP contribution < -0.4 is 16.0 Å². The molecule has 0 bridgehead atoms. The maximum absolute atomic E-state index is 12.5. The molecule has 1 aromatic rings. The molecule has 24 heavy (non-hydrogen) atoms. The van der Waals surface area contributed by atoms with Crippen molar-refractivity contribution >= 4 is 17.5 Å². The Balaban J connectivity index is 1.79. The molecule has 4 N–H and O–H groups in total. The van der Waals surface area contributed by atoms with Crippen LogP contribution in [-0.2, 0) is 15.8 Å². The van der Waals surface area contributed by atoms with Crippen LogP contribution in [0.15, 0.2) is 29.7 Å². The molecule has 128 valence electrons. The summed E-state index contributed by atoms with van der Waals surface area (Å²) < 4.78 is 37.4. The zero-order valence-electron chi connectivity index (χ0n) is 12.1. The Hall–Kier alpha value is -2.62. The van der Waals surface area contributed by atoms with Gasteiger partial charge in [-0.1, -0.05) is 0 Å². The number of hydrogen-bond donors (Lipinski definition) is 4. The van der Waals surface area contributed by atoms with E-state index >= 15 is 0 Å². The topological polar surface area (TPSA) is 103 Å². The van der Waals surface area contributed by atoms with Gasteiger partial charge in [0.15, 0.2) is 0 Å². The van der Waals surface area contributed by atoms with E-state index in [4.69, 9.17) is 0 Å². The molecule has 3 heterocycles. The van der Waals surface area contributed by atoms with Crippen LogP contribution in [0.2, 0.25) is 0 Å². The van der Waals surface area contributed by atoms with Gasteiger partial charge in [-0.15, -0.1) is 0 Å². The van der Waals surface area contributed by atoms with Crippen LogP contribution in [0.25, 0.3) is 0 Å². The highest BCUT2D eigenvalue weighted by Crippen LogP contribution is 2.28. The first kappa shape index (κ1) is 16.2. The van der Waals surface area contributed by atoms with Gasteiger partial charge >= 0.3 is 6.18 Å². The maximum atomic E-state index is 12.5. The number of amides is 2. The number of aliphatic hydroxyl groups is 1. The van der Waals surface area contributed by atoms with Gasteiger partial charge in [0.05, 0.1) is 23.8 Å². The standard InChI is InChI=1S/C14H13F3N4O3/c15-14(16,17)9-2-1-6(3-19-9)20-12(23)10-11(22)7-4-18-5-8(7)21-13(10)24/h1-3,7-8,18,22H,4-5H2,(H,20,23)(H,21,24). The van der Waals surface area contributed by atoms with Gasteiger partial charge in [0.2, 0.25) is 0 Å². The third-order valence-corrected chi connectivity index (χ3v) is 3.90. The minimum Gasteiger partial charge on any atom is -0.511 e. The molecular formula is C14H13F3N4O3. The Bertz CT molecular complexity index is 715. The van der Waals surface area contributed by atoms with Gasteiger partial charge in [0.25, 0.3) is 11.8 Å². The van der Waals surface area contributed by atoms with Gasteiger partial charge in [-0.3, -0.25) is 9.59 Å². The second-order valence-corrected chi connectivity index (χ2v) is 5.49. The third-order valence-electron chi connectivity index (χ3n) is 3.90. The number of rotatable bonds is 2. The summed E-state index contributed by atoms with van der Waals surface area (Å²) in [7, 11) is 0. The fourth-order valence-corrected chi connectivity index (χ4v) is 2.71. The average Bonchev–Trinajstić information content (AvgIpc) is 2.95. The monoisotopic (exact) mass is 342 g/mol. The minimum absolute atomic E-state index is 0.0206. The molecule has 1 fully saturated rings. The number of aliphatic hydroxyl groups excluding tert-OH is 1. The first-order valence-corrected chi connectivity index (χ1v) is 7.06. The smallest absolute Gasteiger partial charge is 0.433 e. The van der Waals surface area contributed by atoms with Crippen LogP contribution in [-0.4, -0.2) is 41.0 Å². The summed E-state index contributed by atoms with van der Waals surface area (Å²) in [5.74, 6) is -2.37. The van der Waals surface area contributed by atoms with E-state index in [1.807, 2.05) is 0 Å². The quantitative estimate of drug-likeness (QED) is 0.589. The van der Waals surface area contributed by atoms with Crippen molar-refractivity contribution in [2.45, 2.75) is 12.2 Å². The molecule has 2 aliphatic heterocycles. The number of nitrogens with zero attached hydrogens (tertiary/aromatic N) is 1. The molecule has 2 atom stereocenters. The lowest BCUT2D eigenvalue weighted by molar-refractivity contribution is -0.141. The number of hydrogen-bond acceptors (Lipinski definition) is 5. The number of carbonyl (C=O) groups excluding carboxylic acids is 2. The normalized spacial score (nSPS) is 23.7. The molecule has 2 aliphatic rings. The Labute approximate surface area is 133 Å². The summed E-state index contributed by atoms with van der Waals surface area (Å²) >= 11 is 0. The van der Waals surface area contributed by atoms with E-state index in [1.54, 1.807) is 0 Å². The van der Waals surface area contributed by atoms with E-state index in [0.717, 1.165) is 12.3 Å². The first-order chi connectivity index (χ1) is 11.3. The van der Waals surface area contributed by atoms with Gasteiger partial charge in [-0.2, -0.15) is 13.2 Å². The average molecular weight is 342 g/mol. The highest BCUT2D eigenvalue weighted by Gasteiger charge is 2.41. The Kier molecular flexibility index (Phi) is 3.91. The van der Waals surface area contributed by atoms with Crippen molar-refractivity contribution in [1.29, 1.82) is 0 Å². The summed E-state index contributed by atoms with van der Waals surface area (Å²) in [6, 6.07) is 1.44. The summed E-state index contributed by atoms with van der Waals surface area (Å²) in [4.78, 5) is 27.4. The number of carbonyl (C=O) groups is 2. The molecular weight excluding hydrogens is 329 g/mol. The summed E-state index contributed by atoms with van der Waals surface area (Å²) in [5, 5.41) is 18.0. The van der Waals surface area contributed by atoms with E-state index in [2.05, 4.69) is 20.9 Å². The summed E-state index contributed by atoms with van der Waals surface area (Å²) in [5.41, 5.74) is -1.56. The number of halogens is 3. The predicted octanol–water partition coefficient (Wildman–Crippen LogP) is 0.569. The fraction of sp³-hybridized carbons (Fsp3) is 0.357. The van der Waals surface area contributed by atoms with Crippen LogP contribution in [0.1, 0.15) is 5.69 Å². The van der Waals surface area contributed by atoms with Crippen LogP contribution in [0.3, 0.4) is 0 Å². The molecule has 0 aliphatic carbocycles. The number of aromatic nitrogens is 1. The SMILES string of the molecule is O=C(Nc1ccc(C(F)(F)F)nc1)C1=C(O)C2CNCC2NC1=O. The molecule has 2 amide bonds. The first-order valence-electron chi connectivity index (χ1n) is 7.06. The van der Waals surface area contributed by atoms with Gasteiger partial charge in [0, 0.05) is 13.1 Å². The van der Waals surface area contributed by atoms with Crippen LogP contribution in [0.4, 0.5) is 18.9 Å². The number of fused-ring (bicyclic) bond motifs is 1. The lowest BCUT2D eigenvalue weighted by Gasteiger charge is -2.26. The molecule has 0 radical (unpaired) electrons. The molecule has 7 nitrogen and oxygen atoms in total. The van der Waals surface area contributed by atoms with Crippen molar-refractivity contribution in [2.75, 3.05) is 18.4 Å². The number of alkyl halides is 3. The van der Waals surface area contributed by atoms with Crippen LogP contribution >= 0.6 is 0 Å². The van der Waals surface area contributed by atoms with Crippen LogP contribution in [0, 0.1) is 5.92 Å². The lowest BCUT2D eigenvalue weighted by Crippen LogP contribution is -2.48. The molecule has 3 rings (SSSR count). The van der Waals surface area contributed by atoms with E-state index in [9.17, 15) is 27.9 Å². The van der Waals surface area contributed by atoms with Crippen molar-refractivity contribution in [3.8, 4) is 0 Å². The summed E-state index contributed by atoms with van der Waals surface area (Å²) in [6.45, 7) is 0.896. The minimum atomic E-state index is -4.59. The van der Waals surface area contributed by atoms with Crippen LogP contribution in [0.5, 0.6) is 0 Å². The zero-order valence-corrected chi connectivity index (χ0v) is 12.1. The highest BCUT2D eigenvalue weighted by atomic mass is 19.4. The second-order valence-electron chi connectivity index (χ2n) is 5.49. The predicted molar refractivity (Wildman–Crippen MR) is 75.8 cm³/mol. The largest absolute Gasteiger partial charge is 0.511 e. The molecule has 2 unspecified atom stereocenters. The number of pyridine rings is 1. The molecule has 0 saturated carbocycles. The molecule has 0 aromatic carbocycles. The van der Waals surface area contributed by atoms with Gasteiger partial charge in [0.1, 0.15) is 17.0 Å². The van der Waals surface area contributed by atoms with Crippen molar-refractivity contribution in [2.24, 2.45) is 5.92 Å². The van der Waals surface area contributed by atoms with Crippen molar-refractivity contribution in [1.82, 2.24) is 15.6 Å². The van der Waals surface area contributed by atoms with E-state index in [0.29, 0.717) is 19.2 Å². The van der Waals surface area contributed by atoms with Gasteiger partial charge in [-0.25, -0.2) is 4.98 Å². The van der Waals surface area contributed by atoms with E-state index in [-0.39, 0.29) is 17.5 Å². The molecule has 1 aromatic heterocycles. The summed E-state index contributed by atoms with van der Waals surface area (Å²) in [6.07, 6.45) is -3.75. The van der Waals surface area contributed by atoms with Gasteiger partial charge in [-0.05, 0) is 12.1 Å². The third kappa shape index (κ3) is 2.92. The molecule has 10 heteroatoms. The van der Waals surface area contributed by atoms with Gasteiger partial charge < -0.3 is 21.1 Å². The molecule has 1 saturated heterocycles. The van der Waals surface area contributed by atoms with Crippen molar-refractivity contribution in [3.05, 3.63) is 35.4 Å². The second kappa shape index (κ2) is 5.78. The number of anilines is 1. The molecule has 0 spiro atoms. The zero-order chi connectivity index (χ0) is 17.5. The fourth-order valence-electron chi connectivity index (χ4n) is 2.71. The van der Waals surface area contributed by atoms with E-state index < -0.39 is 35.2 Å². The maximum Gasteiger partial charge on any atom is 0.433 e. The van der Waals surface area contributed by atoms with Crippen molar-refractivity contribution in [3.63, 3.8) is 0 Å². The Morgan fingerprint density at radius 2 is 2.08 bits per heavy atom. The Morgan fingerprint density at radius 1 is 1.33 bits per heavy atom.